The number of ketones is 1. The summed E-state index contributed by atoms with van der Waals surface area (Å²) in [6.07, 6.45) is -7.07. The van der Waals surface area contributed by atoms with E-state index in [4.69, 9.17) is 0 Å². The van der Waals surface area contributed by atoms with Crippen molar-refractivity contribution < 1.29 is 36.3 Å². The molecule has 0 N–H and O–H groups in total. The summed E-state index contributed by atoms with van der Waals surface area (Å²) in [5.74, 6) is -0.269. The first-order valence-corrected chi connectivity index (χ1v) is 15.0. The lowest BCUT2D eigenvalue weighted by Crippen LogP contribution is -2.50. The lowest BCUT2D eigenvalue weighted by Gasteiger charge is -2.52. The van der Waals surface area contributed by atoms with Gasteiger partial charge in [-0.05, 0) is 97.7 Å². The number of halogens is 5. The lowest BCUT2D eigenvalue weighted by atomic mass is 9.53. The van der Waals surface area contributed by atoms with Crippen LogP contribution in [-0.2, 0) is 9.53 Å². The third-order valence-corrected chi connectivity index (χ3v) is 10.6. The van der Waals surface area contributed by atoms with Gasteiger partial charge in [0.1, 0.15) is 0 Å². The van der Waals surface area contributed by atoms with E-state index in [1.807, 2.05) is 31.0 Å². The number of allylic oxidation sites excluding steroid dienone is 4. The zero-order chi connectivity index (χ0) is 30.0. The molecule has 5 aliphatic rings. The molecule has 0 radical (unpaired) electrons. The first-order valence-electron chi connectivity index (χ1n) is 15.0. The monoisotopic (exact) mass is 592 g/mol. The van der Waals surface area contributed by atoms with E-state index in [1.165, 1.54) is 5.57 Å². The zero-order valence-electron chi connectivity index (χ0n) is 24.0. The highest BCUT2D eigenvalue weighted by Crippen LogP contribution is 2.65. The molecule has 5 unspecified atom stereocenters. The van der Waals surface area contributed by atoms with E-state index in [0.29, 0.717) is 50.8 Å². The Morgan fingerprint density at radius 2 is 1.64 bits per heavy atom. The number of rotatable bonds is 4. The Bertz CT molecular complexity index is 1310. The molecular weight excluding hydrogens is 555 g/mol. The SMILES string of the molecule is CN1CCN(C(=O)c2ccc(C3CC4(C)C(OC(F)(F)C(F)(F)F)CCC4C4CCC5=CC(=O)CCC5=C34)cc2)CC1. The molecule has 42 heavy (non-hydrogen) atoms. The van der Waals surface area contributed by atoms with Crippen molar-refractivity contribution in [3.63, 3.8) is 0 Å². The summed E-state index contributed by atoms with van der Waals surface area (Å²) < 4.78 is 72.5. The maximum Gasteiger partial charge on any atom is 0.482 e. The first kappa shape index (κ1) is 29.5. The van der Waals surface area contributed by atoms with Gasteiger partial charge in [-0.1, -0.05) is 24.6 Å². The largest absolute Gasteiger partial charge is 0.482 e. The van der Waals surface area contributed by atoms with Crippen molar-refractivity contribution in [3.8, 4) is 0 Å². The zero-order valence-corrected chi connectivity index (χ0v) is 24.0. The van der Waals surface area contributed by atoms with Crippen LogP contribution in [0, 0.1) is 17.3 Å². The molecule has 0 spiro atoms. The molecule has 10 heteroatoms. The average molecular weight is 593 g/mol. The predicted molar refractivity (Wildman–Crippen MR) is 146 cm³/mol. The molecule has 2 saturated carbocycles. The van der Waals surface area contributed by atoms with Gasteiger partial charge in [-0.2, -0.15) is 22.0 Å². The Labute approximate surface area is 242 Å². The maximum atomic E-state index is 14.2. The third-order valence-electron chi connectivity index (χ3n) is 10.6. The molecule has 3 fully saturated rings. The number of likely N-dealkylation sites (N-methyl/N-ethyl adjacent to an activating group) is 1. The molecule has 5 atom stereocenters. The number of ether oxygens (including phenoxy) is 1. The Balaban J connectivity index is 1.36. The van der Waals surface area contributed by atoms with Crippen molar-refractivity contribution in [1.29, 1.82) is 0 Å². The van der Waals surface area contributed by atoms with Crippen LogP contribution < -0.4 is 0 Å². The molecule has 1 aliphatic heterocycles. The number of nitrogens with zero attached hydrogens (tertiary/aromatic N) is 2. The van der Waals surface area contributed by atoms with Crippen LogP contribution in [0.1, 0.15) is 73.7 Å². The summed E-state index contributed by atoms with van der Waals surface area (Å²) in [4.78, 5) is 29.4. The normalized spacial score (nSPS) is 32.3. The molecule has 1 heterocycles. The van der Waals surface area contributed by atoms with Gasteiger partial charge in [0.05, 0.1) is 6.10 Å². The van der Waals surface area contributed by atoms with Gasteiger partial charge in [0.15, 0.2) is 5.78 Å². The fourth-order valence-electron chi connectivity index (χ4n) is 8.40. The van der Waals surface area contributed by atoms with Crippen molar-refractivity contribution in [1.82, 2.24) is 9.80 Å². The van der Waals surface area contributed by atoms with Gasteiger partial charge in [0.25, 0.3) is 5.91 Å². The van der Waals surface area contributed by atoms with Crippen LogP contribution in [0.3, 0.4) is 0 Å². The van der Waals surface area contributed by atoms with Crippen molar-refractivity contribution in [2.45, 2.75) is 76.2 Å². The molecule has 228 valence electrons. The molecule has 0 aromatic heterocycles. The van der Waals surface area contributed by atoms with Crippen LogP contribution in [0.15, 0.2) is 47.1 Å². The van der Waals surface area contributed by atoms with E-state index < -0.39 is 23.8 Å². The quantitative estimate of drug-likeness (QED) is 0.374. The highest BCUT2D eigenvalue weighted by atomic mass is 19.4. The molecular formula is C32H37F5N2O3. The summed E-state index contributed by atoms with van der Waals surface area (Å²) in [7, 11) is 2.02. The molecule has 1 aromatic rings. The van der Waals surface area contributed by atoms with Gasteiger partial charge < -0.3 is 14.5 Å². The minimum Gasteiger partial charge on any atom is -0.336 e. The number of hydrogen-bond donors (Lipinski definition) is 0. The topological polar surface area (TPSA) is 49.9 Å². The number of fused-ring (bicyclic) bond motifs is 4. The second-order valence-electron chi connectivity index (χ2n) is 13.0. The van der Waals surface area contributed by atoms with Gasteiger partial charge in [-0.15, -0.1) is 0 Å². The maximum absolute atomic E-state index is 14.2. The summed E-state index contributed by atoms with van der Waals surface area (Å²) in [6.45, 7) is 4.72. The molecule has 4 aliphatic carbocycles. The van der Waals surface area contributed by atoms with Gasteiger partial charge in [-0.25, -0.2) is 0 Å². The van der Waals surface area contributed by atoms with Crippen molar-refractivity contribution in [2.75, 3.05) is 33.2 Å². The molecule has 0 bridgehead atoms. The van der Waals surface area contributed by atoms with Crippen LogP contribution in [-0.4, -0.2) is 73.1 Å². The number of hydrogen-bond acceptors (Lipinski definition) is 4. The van der Waals surface area contributed by atoms with E-state index in [2.05, 4.69) is 9.64 Å². The Morgan fingerprint density at radius 1 is 0.952 bits per heavy atom. The lowest BCUT2D eigenvalue weighted by molar-refractivity contribution is -0.408. The summed E-state index contributed by atoms with van der Waals surface area (Å²) in [5, 5.41) is 0. The molecule has 6 rings (SSSR count). The summed E-state index contributed by atoms with van der Waals surface area (Å²) in [5.41, 5.74) is 3.96. The van der Waals surface area contributed by atoms with Gasteiger partial charge in [0, 0.05) is 44.1 Å². The molecule has 1 saturated heterocycles. The standard InChI is InChI=1S/C32H37F5N2O3/c1-30-18-25(19-3-5-20(6-4-19)29(41)39-15-13-38(2)14-16-39)28-23-10-8-22(40)17-21(23)7-9-24(28)26(30)11-12-27(30)42-32(36,37)31(33,34)35/h3-6,17,24-27H,7-16,18H2,1-2H3. The summed E-state index contributed by atoms with van der Waals surface area (Å²) in [6, 6.07) is 7.41. The van der Waals surface area contributed by atoms with E-state index in [-0.39, 0.29) is 35.9 Å². The Morgan fingerprint density at radius 3 is 2.31 bits per heavy atom. The fraction of sp³-hybridized carbons (Fsp3) is 0.625. The van der Waals surface area contributed by atoms with E-state index >= 15 is 0 Å². The Hall–Kier alpha value is -2.59. The number of alkyl halides is 5. The van der Waals surface area contributed by atoms with Gasteiger partial charge >= 0.3 is 12.3 Å². The second kappa shape index (κ2) is 10.5. The van der Waals surface area contributed by atoms with Crippen LogP contribution >= 0.6 is 0 Å². The smallest absolute Gasteiger partial charge is 0.336 e. The van der Waals surface area contributed by atoms with E-state index in [0.717, 1.165) is 36.2 Å². The second-order valence-corrected chi connectivity index (χ2v) is 13.0. The van der Waals surface area contributed by atoms with Crippen LogP contribution in [0.25, 0.3) is 0 Å². The van der Waals surface area contributed by atoms with Crippen LogP contribution in [0.4, 0.5) is 22.0 Å². The van der Waals surface area contributed by atoms with Crippen LogP contribution in [0.2, 0.25) is 0 Å². The first-order chi connectivity index (χ1) is 19.8. The van der Waals surface area contributed by atoms with Gasteiger partial charge in [-0.3, -0.25) is 9.59 Å². The fourth-order valence-corrected chi connectivity index (χ4v) is 8.40. The average Bonchev–Trinajstić information content (AvgIpc) is 3.26. The minimum absolute atomic E-state index is 0.00820. The van der Waals surface area contributed by atoms with Crippen molar-refractivity contribution >= 4 is 11.7 Å². The Kier molecular flexibility index (Phi) is 7.40. The summed E-state index contributed by atoms with van der Waals surface area (Å²) >= 11 is 0. The van der Waals surface area contributed by atoms with Gasteiger partial charge in [0.2, 0.25) is 0 Å². The predicted octanol–water partition coefficient (Wildman–Crippen LogP) is 6.51. The molecule has 1 amide bonds. The van der Waals surface area contributed by atoms with E-state index in [1.54, 1.807) is 18.2 Å². The number of amides is 1. The van der Waals surface area contributed by atoms with Crippen molar-refractivity contribution in [2.24, 2.45) is 17.3 Å². The van der Waals surface area contributed by atoms with Crippen LogP contribution in [0.5, 0.6) is 0 Å². The minimum atomic E-state index is -5.78. The van der Waals surface area contributed by atoms with E-state index in [9.17, 15) is 31.5 Å². The molecule has 1 aromatic carbocycles. The third kappa shape index (κ3) is 5.02. The highest BCUT2D eigenvalue weighted by Gasteiger charge is 2.65. The number of benzene rings is 1. The molecule has 5 nitrogen and oxygen atoms in total. The van der Waals surface area contributed by atoms with Crippen molar-refractivity contribution in [3.05, 3.63) is 58.2 Å². The highest BCUT2D eigenvalue weighted by molar-refractivity contribution is 5.94. The number of carbonyl (C=O) groups excluding carboxylic acids is 2. The number of piperazine rings is 1. The number of carbonyl (C=O) groups is 2.